The predicted molar refractivity (Wildman–Crippen MR) is 112 cm³/mol. The number of ether oxygens (including phenoxy) is 1. The zero-order valence-electron chi connectivity index (χ0n) is 16.6. The highest BCUT2D eigenvalue weighted by molar-refractivity contribution is 7.89. The first-order valence-electron chi connectivity index (χ1n) is 9.39. The van der Waals surface area contributed by atoms with Gasteiger partial charge in [-0.05, 0) is 43.7 Å². The highest BCUT2D eigenvalue weighted by Crippen LogP contribution is 2.34. The average Bonchev–Trinajstić information content (AvgIpc) is 3.00. The van der Waals surface area contributed by atoms with Gasteiger partial charge in [0.2, 0.25) is 10.0 Å². The van der Waals surface area contributed by atoms with E-state index < -0.39 is 15.9 Å². The van der Waals surface area contributed by atoms with Gasteiger partial charge in [-0.25, -0.2) is 17.5 Å². The smallest absolute Gasteiger partial charge is 0.276 e. The maximum atomic E-state index is 13.5. The van der Waals surface area contributed by atoms with Crippen LogP contribution in [0.3, 0.4) is 0 Å². The van der Waals surface area contributed by atoms with E-state index in [-0.39, 0.29) is 46.5 Å². The minimum absolute atomic E-state index is 0. The molecule has 1 fully saturated rings. The molecule has 1 aromatic carbocycles. The maximum Gasteiger partial charge on any atom is 0.276 e. The minimum atomic E-state index is -3.86. The summed E-state index contributed by atoms with van der Waals surface area (Å²) < 4.78 is 49.4. The summed E-state index contributed by atoms with van der Waals surface area (Å²) >= 11 is 0. The largest absolute Gasteiger partial charge is 0.489 e. The van der Waals surface area contributed by atoms with Crippen molar-refractivity contribution in [2.45, 2.75) is 24.3 Å². The molecule has 0 saturated carbocycles. The molecule has 1 saturated heterocycles. The van der Waals surface area contributed by atoms with Gasteiger partial charge in [0.1, 0.15) is 10.7 Å². The first-order chi connectivity index (χ1) is 13.8. The van der Waals surface area contributed by atoms with E-state index in [9.17, 15) is 17.6 Å². The Bertz CT molecular complexity index is 1070. The highest BCUT2D eigenvalue weighted by atomic mass is 35.5. The zero-order chi connectivity index (χ0) is 20.8. The van der Waals surface area contributed by atoms with Gasteiger partial charge in [-0.2, -0.15) is 0 Å². The summed E-state index contributed by atoms with van der Waals surface area (Å²) in [5.41, 5.74) is 0.902. The second-order valence-electron chi connectivity index (χ2n) is 7.49. The third-order valence-electron chi connectivity index (χ3n) is 5.40. The van der Waals surface area contributed by atoms with Crippen LogP contribution in [0, 0.1) is 18.7 Å². The summed E-state index contributed by atoms with van der Waals surface area (Å²) in [5, 5.41) is 5.88. The number of rotatable bonds is 2. The molecule has 2 atom stereocenters. The summed E-state index contributed by atoms with van der Waals surface area (Å²) in [6.07, 6.45) is 2.14. The molecule has 3 N–H and O–H groups in total. The molecular formula is C19H24ClFN4O4S. The normalized spacial score (nSPS) is 22.4. The number of benzene rings is 1. The molecule has 0 spiro atoms. The molecular weight excluding hydrogens is 435 g/mol. The molecule has 2 aliphatic rings. The van der Waals surface area contributed by atoms with E-state index in [0.717, 1.165) is 13.0 Å². The first-order valence-corrected chi connectivity index (χ1v) is 10.9. The number of fused-ring (bicyclic) bond motifs is 2. The fourth-order valence-electron chi connectivity index (χ4n) is 3.79. The summed E-state index contributed by atoms with van der Waals surface area (Å²) in [5.74, 6) is -0.857. The Balaban J connectivity index is 0.00000256. The summed E-state index contributed by atoms with van der Waals surface area (Å²) in [6, 6.07) is 3.97. The average molecular weight is 459 g/mol. The van der Waals surface area contributed by atoms with Crippen molar-refractivity contribution in [2.24, 2.45) is 13.0 Å². The molecule has 0 radical (unpaired) electrons. The quantitative estimate of drug-likeness (QED) is 0.637. The maximum absolute atomic E-state index is 13.5. The first kappa shape index (κ1) is 22.5. The van der Waals surface area contributed by atoms with Crippen LogP contribution in [0.2, 0.25) is 0 Å². The standard InChI is InChI=1S/C19H23FN4O4S.ClH/c1-11-7-13(3-4-14(11)20)22-19(25)17-18-16(9-24(17)2)29(26,27)23-15-8-21-6-5-12(15)10-28-18;/h3-4,7,9,12,15,21,23H,5-6,8,10H2,1-2H3,(H,22,25);1H/t12-,15-;/m1./s1. The topological polar surface area (TPSA) is 101 Å². The van der Waals surface area contributed by atoms with E-state index in [0.29, 0.717) is 24.4 Å². The second-order valence-corrected chi connectivity index (χ2v) is 9.17. The van der Waals surface area contributed by atoms with E-state index in [1.165, 1.54) is 29.0 Å². The number of anilines is 1. The van der Waals surface area contributed by atoms with E-state index >= 15 is 0 Å². The monoisotopic (exact) mass is 458 g/mol. The van der Waals surface area contributed by atoms with E-state index in [1.54, 1.807) is 14.0 Å². The number of hydrogen-bond donors (Lipinski definition) is 3. The number of carbonyl (C=O) groups excluding carboxylic acids is 1. The summed E-state index contributed by atoms with van der Waals surface area (Å²) in [7, 11) is -2.27. The second kappa shape index (κ2) is 8.54. The lowest BCUT2D eigenvalue weighted by Crippen LogP contribution is -2.53. The molecule has 0 unspecified atom stereocenters. The third kappa shape index (κ3) is 4.18. The summed E-state index contributed by atoms with van der Waals surface area (Å²) in [4.78, 5) is 12.9. The molecule has 11 heteroatoms. The molecule has 8 nitrogen and oxygen atoms in total. The number of amides is 1. The number of piperidine rings is 1. The molecule has 30 heavy (non-hydrogen) atoms. The number of carbonyl (C=O) groups is 1. The van der Waals surface area contributed by atoms with Crippen molar-refractivity contribution in [3.05, 3.63) is 41.5 Å². The number of hydrogen-bond acceptors (Lipinski definition) is 5. The van der Waals surface area contributed by atoms with Crippen molar-refractivity contribution in [1.82, 2.24) is 14.6 Å². The molecule has 1 aromatic heterocycles. The van der Waals surface area contributed by atoms with Gasteiger partial charge in [-0.15, -0.1) is 12.4 Å². The van der Waals surface area contributed by atoms with Crippen LogP contribution in [0.1, 0.15) is 22.5 Å². The van der Waals surface area contributed by atoms with Crippen LogP contribution in [0.25, 0.3) is 0 Å². The Morgan fingerprint density at radius 2 is 2.13 bits per heavy atom. The lowest BCUT2D eigenvalue weighted by atomic mass is 9.94. The van der Waals surface area contributed by atoms with Crippen molar-refractivity contribution in [1.29, 1.82) is 0 Å². The molecule has 4 rings (SSSR count). The van der Waals surface area contributed by atoms with E-state index in [2.05, 4.69) is 15.4 Å². The van der Waals surface area contributed by atoms with Crippen molar-refractivity contribution in [3.8, 4) is 5.75 Å². The molecule has 2 aliphatic heterocycles. The Labute approximate surface area is 180 Å². The van der Waals surface area contributed by atoms with Gasteiger partial charge < -0.3 is 19.9 Å². The fraction of sp³-hybridized carbons (Fsp3) is 0.421. The van der Waals surface area contributed by atoms with Crippen LogP contribution in [0.5, 0.6) is 5.75 Å². The van der Waals surface area contributed by atoms with E-state index in [4.69, 9.17) is 4.74 Å². The molecule has 1 amide bonds. The van der Waals surface area contributed by atoms with Crippen LogP contribution < -0.4 is 20.1 Å². The number of aromatic nitrogens is 1. The molecule has 3 heterocycles. The Morgan fingerprint density at radius 1 is 1.37 bits per heavy atom. The SMILES string of the molecule is Cc1cc(NC(=O)c2c3c(cn2C)S(=O)(=O)N[C@@H]2CNCC[C@@H]2CO3)ccc1F.Cl. The number of aryl methyl sites for hydroxylation is 2. The number of sulfonamides is 1. The molecule has 0 bridgehead atoms. The van der Waals surface area contributed by atoms with Crippen LogP contribution in [0.15, 0.2) is 29.3 Å². The number of nitrogens with zero attached hydrogens (tertiary/aromatic N) is 1. The van der Waals surface area contributed by atoms with Crippen LogP contribution in [-0.2, 0) is 17.1 Å². The summed E-state index contributed by atoms with van der Waals surface area (Å²) in [6.45, 7) is 3.22. The highest BCUT2D eigenvalue weighted by Gasteiger charge is 2.37. The molecule has 2 aromatic rings. The predicted octanol–water partition coefficient (Wildman–Crippen LogP) is 1.80. The van der Waals surface area contributed by atoms with Gasteiger partial charge in [0.15, 0.2) is 11.4 Å². The lowest BCUT2D eigenvalue weighted by molar-refractivity contribution is 0.101. The van der Waals surface area contributed by atoms with Crippen LogP contribution in [0.4, 0.5) is 10.1 Å². The third-order valence-corrected chi connectivity index (χ3v) is 6.88. The number of nitrogens with one attached hydrogen (secondary N) is 3. The fourth-order valence-corrected chi connectivity index (χ4v) is 5.28. The van der Waals surface area contributed by atoms with Crippen molar-refractivity contribution in [3.63, 3.8) is 0 Å². The van der Waals surface area contributed by atoms with E-state index in [1.807, 2.05) is 0 Å². The van der Waals surface area contributed by atoms with Gasteiger partial charge in [-0.3, -0.25) is 4.79 Å². The van der Waals surface area contributed by atoms with Crippen LogP contribution >= 0.6 is 12.4 Å². The van der Waals surface area contributed by atoms with Gasteiger partial charge in [0.05, 0.1) is 6.61 Å². The molecule has 164 valence electrons. The van der Waals surface area contributed by atoms with Crippen molar-refractivity contribution >= 4 is 34.0 Å². The van der Waals surface area contributed by atoms with Crippen molar-refractivity contribution in [2.75, 3.05) is 25.0 Å². The zero-order valence-corrected chi connectivity index (χ0v) is 18.2. The minimum Gasteiger partial charge on any atom is -0.489 e. The van der Waals surface area contributed by atoms with Gasteiger partial charge in [0.25, 0.3) is 5.91 Å². The van der Waals surface area contributed by atoms with Gasteiger partial charge in [0, 0.05) is 37.4 Å². The van der Waals surface area contributed by atoms with Crippen LogP contribution in [-0.4, -0.2) is 44.6 Å². The Kier molecular flexibility index (Phi) is 6.42. The van der Waals surface area contributed by atoms with Crippen molar-refractivity contribution < 1.29 is 22.3 Å². The number of halogens is 2. The lowest BCUT2D eigenvalue weighted by Gasteiger charge is -2.34. The van der Waals surface area contributed by atoms with Gasteiger partial charge in [-0.1, -0.05) is 0 Å². The Hall–Kier alpha value is -2.14. The molecule has 0 aliphatic carbocycles. The Morgan fingerprint density at radius 3 is 2.87 bits per heavy atom. The van der Waals surface area contributed by atoms with Gasteiger partial charge >= 0.3 is 0 Å².